The second-order valence-electron chi connectivity index (χ2n) is 4.70. The van der Waals surface area contributed by atoms with Crippen molar-refractivity contribution < 1.29 is 14.2 Å². The molecular weight excluding hydrogens is 195 g/mol. The van der Waals surface area contributed by atoms with E-state index < -0.39 is 11.7 Å². The van der Waals surface area contributed by atoms with E-state index in [0.717, 1.165) is 0 Å². The summed E-state index contributed by atoms with van der Waals surface area (Å²) in [6.45, 7) is 5.38. The van der Waals surface area contributed by atoms with E-state index in [1.807, 2.05) is 13.8 Å². The van der Waals surface area contributed by atoms with Gasteiger partial charge in [0.25, 0.3) is 0 Å². The van der Waals surface area contributed by atoms with E-state index in [1.54, 1.807) is 19.1 Å². The minimum atomic E-state index is -0.640. The maximum absolute atomic E-state index is 13.8. The van der Waals surface area contributed by atoms with Gasteiger partial charge in [0.15, 0.2) is 11.6 Å². The molecule has 0 radical (unpaired) electrons. The lowest BCUT2D eigenvalue weighted by Crippen LogP contribution is -2.35. The quantitative estimate of drug-likeness (QED) is 0.713. The van der Waals surface area contributed by atoms with Gasteiger partial charge in [-0.15, -0.1) is 0 Å². The molecule has 1 heterocycles. The van der Waals surface area contributed by atoms with E-state index in [4.69, 9.17) is 4.74 Å². The van der Waals surface area contributed by atoms with E-state index in [2.05, 4.69) is 0 Å². The summed E-state index contributed by atoms with van der Waals surface area (Å²) in [5.41, 5.74) is 0.581. The molecule has 0 aliphatic carbocycles. The fraction of sp³-hybridized carbons (Fsp3) is 0.500. The number of aryl methyl sites for hydroxylation is 1. The second kappa shape index (κ2) is 3.20. The van der Waals surface area contributed by atoms with Crippen molar-refractivity contribution in [3.8, 4) is 5.75 Å². The summed E-state index contributed by atoms with van der Waals surface area (Å²) in [6.07, 6.45) is -0.151. The van der Waals surface area contributed by atoms with E-state index in [-0.39, 0.29) is 11.6 Å². The van der Waals surface area contributed by atoms with E-state index in [9.17, 15) is 9.50 Å². The Kier molecular flexibility index (Phi) is 2.23. The number of halogens is 1. The first kappa shape index (κ1) is 10.4. The molecule has 0 aromatic heterocycles. The molecule has 3 heteroatoms. The number of fused-ring (bicyclic) bond motifs is 1. The molecule has 0 saturated heterocycles. The third kappa shape index (κ3) is 1.72. The lowest BCUT2D eigenvalue weighted by Gasteiger charge is -2.35. The largest absolute Gasteiger partial charge is 0.484 e. The number of aliphatic hydroxyl groups is 1. The maximum atomic E-state index is 13.8. The van der Waals surface area contributed by atoms with Gasteiger partial charge in [-0.1, -0.05) is 12.1 Å². The van der Waals surface area contributed by atoms with E-state index in [0.29, 0.717) is 17.5 Å². The first-order valence-corrected chi connectivity index (χ1v) is 5.07. The van der Waals surface area contributed by atoms with Gasteiger partial charge >= 0.3 is 0 Å². The van der Waals surface area contributed by atoms with Crippen molar-refractivity contribution in [2.24, 2.45) is 0 Å². The number of hydrogen-bond acceptors (Lipinski definition) is 2. The topological polar surface area (TPSA) is 29.5 Å². The predicted octanol–water partition coefficient (Wildman–Crippen LogP) is 2.73. The van der Waals surface area contributed by atoms with Crippen LogP contribution in [0.4, 0.5) is 4.39 Å². The van der Waals surface area contributed by atoms with E-state index >= 15 is 0 Å². The Hall–Kier alpha value is -1.09. The highest BCUT2D eigenvalue weighted by molar-refractivity contribution is 5.42. The molecule has 82 valence electrons. The Morgan fingerprint density at radius 2 is 2.13 bits per heavy atom. The van der Waals surface area contributed by atoms with Gasteiger partial charge in [-0.2, -0.15) is 0 Å². The molecule has 1 aliphatic heterocycles. The molecule has 2 nitrogen and oxygen atoms in total. The normalized spacial score (nSPS) is 23.1. The Bertz CT molecular complexity index is 399. The standard InChI is InChI=1S/C12H15FO2/c1-7-4-5-8-9(14)6-12(2,3)15-11(8)10(7)13/h4-5,9,14H,6H2,1-3H3. The molecule has 15 heavy (non-hydrogen) atoms. The van der Waals surface area contributed by atoms with Crippen LogP contribution in [-0.2, 0) is 0 Å². The molecule has 1 aromatic rings. The van der Waals surface area contributed by atoms with Crippen LogP contribution < -0.4 is 4.74 Å². The van der Waals surface area contributed by atoms with Gasteiger partial charge in [0, 0.05) is 12.0 Å². The van der Waals surface area contributed by atoms with Gasteiger partial charge in [-0.3, -0.25) is 0 Å². The molecular formula is C12H15FO2. The minimum Gasteiger partial charge on any atom is -0.484 e. The molecule has 1 N–H and O–H groups in total. The lowest BCUT2D eigenvalue weighted by atomic mass is 9.91. The minimum absolute atomic E-state index is 0.207. The molecule has 0 bridgehead atoms. The number of benzene rings is 1. The molecule has 0 saturated carbocycles. The molecule has 0 amide bonds. The summed E-state index contributed by atoms with van der Waals surface area (Å²) < 4.78 is 19.3. The summed E-state index contributed by atoms with van der Waals surface area (Å²) in [5, 5.41) is 9.87. The first-order valence-electron chi connectivity index (χ1n) is 5.07. The summed E-state index contributed by atoms with van der Waals surface area (Å²) in [7, 11) is 0. The number of aliphatic hydroxyl groups excluding tert-OH is 1. The van der Waals surface area contributed by atoms with Crippen LogP contribution in [0.25, 0.3) is 0 Å². The Morgan fingerprint density at radius 3 is 2.80 bits per heavy atom. The third-order valence-corrected chi connectivity index (χ3v) is 2.74. The fourth-order valence-electron chi connectivity index (χ4n) is 1.93. The van der Waals surface area contributed by atoms with Crippen LogP contribution in [0.5, 0.6) is 5.75 Å². The van der Waals surface area contributed by atoms with Gasteiger partial charge in [0.2, 0.25) is 0 Å². The SMILES string of the molecule is Cc1ccc2c(c1F)OC(C)(C)CC2O. The molecule has 0 fully saturated rings. The molecule has 1 aromatic carbocycles. The monoisotopic (exact) mass is 210 g/mol. The number of rotatable bonds is 0. The van der Waals surface area contributed by atoms with Gasteiger partial charge < -0.3 is 9.84 Å². The van der Waals surface area contributed by atoms with Gasteiger partial charge in [0.05, 0.1) is 6.10 Å². The van der Waals surface area contributed by atoms with Crippen molar-refractivity contribution >= 4 is 0 Å². The fourth-order valence-corrected chi connectivity index (χ4v) is 1.93. The first-order chi connectivity index (χ1) is 6.91. The summed E-state index contributed by atoms with van der Waals surface area (Å²) >= 11 is 0. The molecule has 1 aliphatic rings. The van der Waals surface area contributed by atoms with Crippen molar-refractivity contribution in [3.63, 3.8) is 0 Å². The maximum Gasteiger partial charge on any atom is 0.168 e. The lowest BCUT2D eigenvalue weighted by molar-refractivity contribution is 0.00791. The Morgan fingerprint density at radius 1 is 1.47 bits per heavy atom. The summed E-state index contributed by atoms with van der Waals surface area (Å²) in [4.78, 5) is 0. The zero-order valence-electron chi connectivity index (χ0n) is 9.17. The van der Waals surface area contributed by atoms with E-state index in [1.165, 1.54) is 0 Å². The highest BCUT2D eigenvalue weighted by atomic mass is 19.1. The van der Waals surface area contributed by atoms with Crippen LogP contribution in [0.3, 0.4) is 0 Å². The molecule has 1 atom stereocenters. The summed E-state index contributed by atoms with van der Waals surface area (Å²) in [5.74, 6) is -0.155. The van der Waals surface area contributed by atoms with Gasteiger partial charge in [0.1, 0.15) is 5.60 Å². The Labute approximate surface area is 88.7 Å². The predicted molar refractivity (Wildman–Crippen MR) is 55.4 cm³/mol. The van der Waals surface area contributed by atoms with Crippen LogP contribution in [0.1, 0.15) is 37.5 Å². The van der Waals surface area contributed by atoms with Gasteiger partial charge in [-0.25, -0.2) is 4.39 Å². The van der Waals surface area contributed by atoms with Crippen molar-refractivity contribution in [1.29, 1.82) is 0 Å². The zero-order valence-corrected chi connectivity index (χ0v) is 9.17. The molecule has 0 spiro atoms. The number of ether oxygens (including phenoxy) is 1. The molecule has 1 unspecified atom stereocenters. The van der Waals surface area contributed by atoms with Crippen LogP contribution in [-0.4, -0.2) is 10.7 Å². The van der Waals surface area contributed by atoms with Crippen LogP contribution in [0.2, 0.25) is 0 Å². The average molecular weight is 210 g/mol. The van der Waals surface area contributed by atoms with Gasteiger partial charge in [-0.05, 0) is 26.3 Å². The summed E-state index contributed by atoms with van der Waals surface area (Å²) in [6, 6.07) is 3.40. The van der Waals surface area contributed by atoms with Crippen LogP contribution in [0, 0.1) is 12.7 Å². The highest BCUT2D eigenvalue weighted by Gasteiger charge is 2.34. The number of hydrogen-bond donors (Lipinski definition) is 1. The van der Waals surface area contributed by atoms with Crippen LogP contribution in [0.15, 0.2) is 12.1 Å². The van der Waals surface area contributed by atoms with Crippen molar-refractivity contribution in [2.45, 2.75) is 38.9 Å². The van der Waals surface area contributed by atoms with Crippen LogP contribution >= 0.6 is 0 Å². The van der Waals surface area contributed by atoms with Crippen molar-refractivity contribution in [2.75, 3.05) is 0 Å². The average Bonchev–Trinajstić information content (AvgIpc) is 2.10. The van der Waals surface area contributed by atoms with Crippen molar-refractivity contribution in [1.82, 2.24) is 0 Å². The second-order valence-corrected chi connectivity index (χ2v) is 4.70. The highest BCUT2D eigenvalue weighted by Crippen LogP contribution is 2.41. The van der Waals surface area contributed by atoms with Crippen molar-refractivity contribution in [3.05, 3.63) is 29.1 Å². The Balaban J connectivity index is 2.56. The zero-order chi connectivity index (χ0) is 11.2. The smallest absolute Gasteiger partial charge is 0.168 e. The third-order valence-electron chi connectivity index (χ3n) is 2.74. The molecule has 2 rings (SSSR count).